The van der Waals surface area contributed by atoms with Crippen molar-refractivity contribution < 1.29 is 58.5 Å². The van der Waals surface area contributed by atoms with E-state index in [9.17, 15) is 58.5 Å². The zero-order chi connectivity index (χ0) is 61.4. The van der Waals surface area contributed by atoms with Crippen LogP contribution < -0.4 is 60.2 Å². The number of aliphatic imine (C=N–C) groups is 1. The second kappa shape index (κ2) is 34.0. The number of carboxylic acids is 1. The van der Waals surface area contributed by atoms with Crippen LogP contribution in [-0.4, -0.2) is 153 Å². The van der Waals surface area contributed by atoms with Gasteiger partial charge in [-0.25, -0.2) is 4.79 Å². The van der Waals surface area contributed by atoms with Crippen molar-refractivity contribution in [2.45, 2.75) is 180 Å². The first-order valence-electron chi connectivity index (χ1n) is 28.4. The first kappa shape index (κ1) is 68.7. The number of hydrogen-bond donors (Lipinski definition) is 14. The number of rotatable bonds is 34. The quantitative estimate of drug-likeness (QED) is 0.0254. The van der Waals surface area contributed by atoms with Gasteiger partial charge < -0.3 is 80.4 Å². The zero-order valence-electron chi connectivity index (χ0n) is 48.7. The molecule has 25 nitrogen and oxygen atoms in total. The highest BCUT2D eigenvalue weighted by atomic mass is 16.4. The summed E-state index contributed by atoms with van der Waals surface area (Å²) < 4.78 is 0. The smallest absolute Gasteiger partial charge is 0.326 e. The van der Waals surface area contributed by atoms with Gasteiger partial charge in [0.2, 0.25) is 47.3 Å². The van der Waals surface area contributed by atoms with Gasteiger partial charge >= 0.3 is 5.97 Å². The van der Waals surface area contributed by atoms with Crippen molar-refractivity contribution in [2.24, 2.45) is 51.6 Å². The summed E-state index contributed by atoms with van der Waals surface area (Å²) in [6.07, 6.45) is 2.61. The van der Waals surface area contributed by atoms with Crippen LogP contribution in [-0.2, 0) is 56.0 Å². The van der Waals surface area contributed by atoms with E-state index in [1.807, 2.05) is 6.92 Å². The summed E-state index contributed by atoms with van der Waals surface area (Å²) in [6.45, 7) is 14.6. The number of nitrogens with two attached hydrogens (primary N) is 4. The lowest BCUT2D eigenvalue weighted by molar-refractivity contribution is -0.144. The third kappa shape index (κ3) is 22.4. The Bertz CT molecular complexity index is 2470. The summed E-state index contributed by atoms with van der Waals surface area (Å²) in [5, 5.41) is 49.0. The third-order valence-electron chi connectivity index (χ3n) is 14.3. The molecule has 1 fully saturated rings. The van der Waals surface area contributed by atoms with Gasteiger partial charge in [0.05, 0.1) is 6.04 Å². The van der Waals surface area contributed by atoms with Crippen LogP contribution in [0.4, 0.5) is 0 Å². The van der Waals surface area contributed by atoms with Crippen molar-refractivity contribution in [2.75, 3.05) is 19.6 Å². The minimum atomic E-state index is -1.38. The van der Waals surface area contributed by atoms with Gasteiger partial charge in [-0.15, -0.1) is 0 Å². The molecule has 0 aromatic heterocycles. The van der Waals surface area contributed by atoms with Crippen LogP contribution in [0.25, 0.3) is 0 Å². The molecule has 0 aliphatic carbocycles. The Balaban J connectivity index is 1.94. The van der Waals surface area contributed by atoms with Crippen LogP contribution in [0, 0.1) is 23.7 Å². The molecule has 82 heavy (non-hydrogen) atoms. The molecule has 10 atom stereocenters. The van der Waals surface area contributed by atoms with E-state index in [-0.39, 0.29) is 75.0 Å². The van der Waals surface area contributed by atoms with Crippen molar-refractivity contribution >= 4 is 59.2 Å². The largest absolute Gasteiger partial charge is 0.508 e. The number of aromatic hydroxyl groups is 2. The van der Waals surface area contributed by atoms with E-state index < -0.39 is 125 Å². The number of likely N-dealkylation sites (tertiary alicyclic amines) is 1. The van der Waals surface area contributed by atoms with Gasteiger partial charge in [-0.05, 0) is 111 Å². The van der Waals surface area contributed by atoms with Crippen molar-refractivity contribution in [1.29, 1.82) is 0 Å². The molecule has 1 aliphatic heterocycles. The van der Waals surface area contributed by atoms with E-state index >= 15 is 0 Å². The highest BCUT2D eigenvalue weighted by Gasteiger charge is 2.42. The average Bonchev–Trinajstić information content (AvgIpc) is 4.05. The molecule has 1 saturated heterocycles. The van der Waals surface area contributed by atoms with Gasteiger partial charge in [0.15, 0.2) is 5.96 Å². The van der Waals surface area contributed by atoms with E-state index in [2.05, 4.69) is 42.2 Å². The molecule has 0 bridgehead atoms. The van der Waals surface area contributed by atoms with Gasteiger partial charge in [0.1, 0.15) is 59.8 Å². The van der Waals surface area contributed by atoms with E-state index in [4.69, 9.17) is 22.9 Å². The number of unbranched alkanes of at least 4 members (excludes halogenated alkanes) is 1. The monoisotopic (exact) mass is 1150 g/mol. The maximum atomic E-state index is 14.6. The molecule has 1 heterocycles. The summed E-state index contributed by atoms with van der Waals surface area (Å²) in [5.41, 5.74) is 23.8. The Kier molecular flexibility index (Phi) is 28.5. The molecule has 0 saturated carbocycles. The number of nitrogens with zero attached hydrogens (tertiary/aromatic N) is 2. The predicted molar refractivity (Wildman–Crippen MR) is 309 cm³/mol. The lowest BCUT2D eigenvalue weighted by Crippen LogP contribution is -2.62. The lowest BCUT2D eigenvalue weighted by atomic mass is 9.95. The topological polar surface area (TPSA) is 418 Å². The molecule has 456 valence electrons. The van der Waals surface area contributed by atoms with Crippen molar-refractivity contribution in [3.05, 3.63) is 59.7 Å². The molecule has 8 amide bonds. The van der Waals surface area contributed by atoms with Gasteiger partial charge in [-0.1, -0.05) is 92.5 Å². The molecule has 2 aromatic carbocycles. The summed E-state index contributed by atoms with van der Waals surface area (Å²) in [5.74, 6) is -8.84. The molecular formula is C57H91N13O12. The zero-order valence-corrected chi connectivity index (χ0v) is 48.7. The maximum absolute atomic E-state index is 14.6. The fourth-order valence-electron chi connectivity index (χ4n) is 9.32. The van der Waals surface area contributed by atoms with Crippen LogP contribution in [0.15, 0.2) is 53.5 Å². The normalized spacial score (nSPS) is 16.5. The van der Waals surface area contributed by atoms with Gasteiger partial charge in [0.25, 0.3) is 0 Å². The second-order valence-electron chi connectivity index (χ2n) is 22.3. The number of carbonyl (C=O) groups is 9. The van der Waals surface area contributed by atoms with Crippen molar-refractivity contribution in [1.82, 2.24) is 42.1 Å². The lowest BCUT2D eigenvalue weighted by Gasteiger charge is -2.33. The SMILES string of the molecule is CC[C@H](C)[C@H](NC(=O)[C@@H](NC(=O)[C@@H](N)CCCCN)C(C)C)C(=O)N1CCC[C@H]1C(=O)N[C@@H](Cc1ccc(O)cc1)C(=O)N[C@H](C(=O)N[C@@H](CCCN=C(N)N)C(=O)N[C@@H](Cc1ccc(O)cc1)C(=O)N[C@@H](CC(C)C)C(=O)O)C(C)C. The molecule has 3 rings (SSSR count). The molecular weight excluding hydrogens is 1060 g/mol. The Hall–Kier alpha value is -7.54. The highest BCUT2D eigenvalue weighted by Crippen LogP contribution is 2.23. The van der Waals surface area contributed by atoms with E-state index in [0.29, 0.717) is 49.8 Å². The van der Waals surface area contributed by atoms with Crippen LogP contribution in [0.2, 0.25) is 0 Å². The molecule has 0 spiro atoms. The fraction of sp³-hybridized carbons (Fsp3) is 0.614. The number of amides is 8. The molecule has 2 aromatic rings. The number of benzene rings is 2. The number of aliphatic carboxylic acids is 1. The number of nitrogens with one attached hydrogen (secondary N) is 7. The van der Waals surface area contributed by atoms with Crippen LogP contribution in [0.1, 0.15) is 124 Å². The Morgan fingerprint density at radius 2 is 1.09 bits per heavy atom. The summed E-state index contributed by atoms with van der Waals surface area (Å²) in [4.78, 5) is 131. The first-order chi connectivity index (χ1) is 38.7. The van der Waals surface area contributed by atoms with Gasteiger partial charge in [-0.2, -0.15) is 0 Å². The summed E-state index contributed by atoms with van der Waals surface area (Å²) >= 11 is 0. The minimum Gasteiger partial charge on any atom is -0.508 e. The number of phenolic OH excluding ortho intramolecular Hbond substituents is 2. The van der Waals surface area contributed by atoms with E-state index in [1.54, 1.807) is 60.6 Å². The van der Waals surface area contributed by atoms with Gasteiger partial charge in [0, 0.05) is 25.9 Å². The number of hydrogen-bond acceptors (Lipinski definition) is 14. The highest BCUT2D eigenvalue weighted by molar-refractivity contribution is 5.98. The molecule has 25 heteroatoms. The fourth-order valence-corrected chi connectivity index (χ4v) is 9.32. The number of carboxylic acid groups (broad SMARTS) is 1. The van der Waals surface area contributed by atoms with Gasteiger partial charge in [-0.3, -0.25) is 43.3 Å². The Labute approximate surface area is 481 Å². The molecule has 1 aliphatic rings. The van der Waals surface area contributed by atoms with Crippen LogP contribution in [0.5, 0.6) is 11.5 Å². The summed E-state index contributed by atoms with van der Waals surface area (Å²) in [6, 6.07) is 0.824. The second-order valence-corrected chi connectivity index (χ2v) is 22.3. The maximum Gasteiger partial charge on any atom is 0.326 e. The standard InChI is InChI=1S/C57H91N13O12/c1-9-34(8)47(69-54(79)46(33(6)7)67-48(73)39(59)14-10-11-25-58)55(80)70-27-13-16-44(70)52(77)65-42(30-36-19-23-38(72)24-20-36)51(76)68-45(32(4)5)53(78)63-40(15-12-26-62-57(60)61)49(74)64-41(29-35-17-21-37(71)22-18-35)50(75)66-43(56(81)82)28-31(2)3/h17-24,31-34,39-47,71-72H,9-16,25-30,58-59H2,1-8H3,(H,63,78)(H,64,74)(H,65,77)(H,66,75)(H,67,73)(H,68,76)(H,69,79)(H,81,82)(H4,60,61,62)/t34-,39-,40-,41-,42-,43-,44-,45-,46-,47-/m0/s1. The number of guanidine groups is 1. The number of carbonyl (C=O) groups excluding carboxylic acids is 8. The van der Waals surface area contributed by atoms with Crippen LogP contribution in [0.3, 0.4) is 0 Å². The molecule has 0 unspecified atom stereocenters. The first-order valence-corrected chi connectivity index (χ1v) is 28.4. The van der Waals surface area contributed by atoms with Crippen molar-refractivity contribution in [3.63, 3.8) is 0 Å². The summed E-state index contributed by atoms with van der Waals surface area (Å²) in [7, 11) is 0. The number of phenols is 2. The van der Waals surface area contributed by atoms with E-state index in [0.717, 1.165) is 0 Å². The van der Waals surface area contributed by atoms with Crippen LogP contribution >= 0.6 is 0 Å². The predicted octanol–water partition coefficient (Wildman–Crippen LogP) is 0.266. The third-order valence-corrected chi connectivity index (χ3v) is 14.3. The van der Waals surface area contributed by atoms with E-state index in [1.165, 1.54) is 41.3 Å². The average molecular weight is 1150 g/mol. The van der Waals surface area contributed by atoms with Crippen molar-refractivity contribution in [3.8, 4) is 11.5 Å². The molecule has 18 N–H and O–H groups in total. The molecule has 0 radical (unpaired) electrons. The minimum absolute atomic E-state index is 0.0409. The Morgan fingerprint density at radius 1 is 0.610 bits per heavy atom. The Morgan fingerprint density at radius 3 is 1.59 bits per heavy atom.